The summed E-state index contributed by atoms with van der Waals surface area (Å²) >= 11 is 11.7. The van der Waals surface area contributed by atoms with Crippen molar-refractivity contribution in [3.63, 3.8) is 0 Å². The maximum atomic E-state index is 11.3. The van der Waals surface area contributed by atoms with Crippen molar-refractivity contribution in [2.45, 2.75) is 31.4 Å². The average Bonchev–Trinajstić information content (AvgIpc) is 2.78. The van der Waals surface area contributed by atoms with Gasteiger partial charge in [-0.2, -0.15) is 0 Å². The van der Waals surface area contributed by atoms with Crippen molar-refractivity contribution in [3.05, 3.63) is 87.2 Å². The SMILES string of the molecule is Cl.O=C(O)c1cc(Oc2ccc3c(c2)C[C@@H](NC[C@H](O)c2ccc(Cl)nc2)CC3)ccc1Cl. The van der Waals surface area contributed by atoms with E-state index in [4.69, 9.17) is 27.9 Å². The Morgan fingerprint density at radius 2 is 1.88 bits per heavy atom. The number of aliphatic hydroxyl groups excluding tert-OH is 1. The number of pyridine rings is 1. The fraction of sp³-hybridized carbons (Fsp3) is 0.250. The molecule has 1 heterocycles. The van der Waals surface area contributed by atoms with Crippen LogP contribution in [0.15, 0.2) is 54.7 Å². The van der Waals surface area contributed by atoms with E-state index in [1.807, 2.05) is 18.2 Å². The topological polar surface area (TPSA) is 91.7 Å². The predicted octanol–water partition coefficient (Wildman–Crippen LogP) is 5.48. The molecular formula is C24H23Cl3N2O4. The molecule has 0 saturated heterocycles. The van der Waals surface area contributed by atoms with Gasteiger partial charge in [0.1, 0.15) is 16.7 Å². The minimum absolute atomic E-state index is 0. The maximum Gasteiger partial charge on any atom is 0.337 e. The standard InChI is InChI=1S/C24H22Cl2N2O4.ClH/c25-21-7-6-19(11-20(21)24(30)31)32-18-5-2-14-1-4-17(9-16(14)10-18)27-13-22(29)15-3-8-23(26)28-12-15;/h2-3,5-8,10-12,17,22,27,29H,1,4,9,13H2,(H,30,31);1H/t17-,22-;/m0./s1. The number of aryl methyl sites for hydroxylation is 1. The van der Waals surface area contributed by atoms with E-state index in [2.05, 4.69) is 10.3 Å². The Morgan fingerprint density at radius 3 is 2.61 bits per heavy atom. The Kier molecular flexibility index (Phi) is 8.57. The summed E-state index contributed by atoms with van der Waals surface area (Å²) in [5.74, 6) is -0.0522. The van der Waals surface area contributed by atoms with E-state index in [1.165, 1.54) is 23.3 Å². The van der Waals surface area contributed by atoms with Crippen LogP contribution >= 0.6 is 35.6 Å². The molecule has 3 aromatic rings. The van der Waals surface area contributed by atoms with E-state index in [1.54, 1.807) is 24.4 Å². The molecule has 4 rings (SSSR count). The zero-order chi connectivity index (χ0) is 22.7. The predicted molar refractivity (Wildman–Crippen MR) is 130 cm³/mol. The lowest BCUT2D eigenvalue weighted by Crippen LogP contribution is -2.37. The number of benzene rings is 2. The fourth-order valence-corrected chi connectivity index (χ4v) is 4.13. The first kappa shape index (κ1) is 25.3. The van der Waals surface area contributed by atoms with Gasteiger partial charge in [0, 0.05) is 24.3 Å². The molecule has 6 nitrogen and oxygen atoms in total. The second-order valence-corrected chi connectivity index (χ2v) is 8.55. The highest BCUT2D eigenvalue weighted by Crippen LogP contribution is 2.30. The third kappa shape index (κ3) is 6.37. The van der Waals surface area contributed by atoms with Gasteiger partial charge in [0.15, 0.2) is 0 Å². The van der Waals surface area contributed by atoms with E-state index < -0.39 is 12.1 Å². The van der Waals surface area contributed by atoms with Crippen LogP contribution in [-0.2, 0) is 12.8 Å². The molecule has 33 heavy (non-hydrogen) atoms. The number of hydrogen-bond donors (Lipinski definition) is 3. The summed E-state index contributed by atoms with van der Waals surface area (Å²) in [6, 6.07) is 14.2. The van der Waals surface area contributed by atoms with Gasteiger partial charge >= 0.3 is 5.97 Å². The van der Waals surface area contributed by atoms with Crippen LogP contribution in [0, 0.1) is 0 Å². The molecule has 0 amide bonds. The molecule has 1 aliphatic rings. The zero-order valence-electron chi connectivity index (χ0n) is 17.5. The lowest BCUT2D eigenvalue weighted by molar-refractivity contribution is 0.0696. The van der Waals surface area contributed by atoms with Crippen LogP contribution in [0.2, 0.25) is 10.2 Å². The van der Waals surface area contributed by atoms with E-state index in [0.29, 0.717) is 23.2 Å². The number of carboxylic acids is 1. The zero-order valence-corrected chi connectivity index (χ0v) is 19.8. The maximum absolute atomic E-state index is 11.3. The summed E-state index contributed by atoms with van der Waals surface area (Å²) in [6.07, 6.45) is 3.62. The highest BCUT2D eigenvalue weighted by Gasteiger charge is 2.20. The van der Waals surface area contributed by atoms with Gasteiger partial charge < -0.3 is 20.3 Å². The third-order valence-corrected chi connectivity index (χ3v) is 6.10. The number of nitrogens with zero attached hydrogens (tertiary/aromatic N) is 1. The van der Waals surface area contributed by atoms with E-state index in [-0.39, 0.29) is 29.0 Å². The fourth-order valence-electron chi connectivity index (χ4n) is 3.82. The number of aromatic nitrogens is 1. The number of nitrogens with one attached hydrogen (secondary N) is 1. The van der Waals surface area contributed by atoms with Gasteiger partial charge in [-0.05, 0) is 66.8 Å². The molecule has 0 saturated carbocycles. The number of rotatable bonds is 7. The summed E-state index contributed by atoms with van der Waals surface area (Å²) in [6.45, 7) is 0.419. The van der Waals surface area contributed by atoms with Crippen LogP contribution in [0.3, 0.4) is 0 Å². The van der Waals surface area contributed by atoms with Crippen molar-refractivity contribution in [1.29, 1.82) is 0 Å². The molecule has 0 fully saturated rings. The summed E-state index contributed by atoms with van der Waals surface area (Å²) in [5, 5.41) is 23.7. The largest absolute Gasteiger partial charge is 0.478 e. The molecule has 1 aromatic heterocycles. The van der Waals surface area contributed by atoms with Crippen LogP contribution < -0.4 is 10.1 Å². The van der Waals surface area contributed by atoms with Crippen molar-refractivity contribution < 1.29 is 19.7 Å². The Balaban J connectivity index is 0.00000306. The van der Waals surface area contributed by atoms with E-state index in [9.17, 15) is 15.0 Å². The minimum atomic E-state index is -1.10. The average molecular weight is 510 g/mol. The molecule has 9 heteroatoms. The Morgan fingerprint density at radius 1 is 1.12 bits per heavy atom. The quantitative estimate of drug-likeness (QED) is 0.365. The number of aliphatic hydroxyl groups is 1. The number of aromatic carboxylic acids is 1. The van der Waals surface area contributed by atoms with Gasteiger partial charge in [0.05, 0.1) is 16.7 Å². The molecule has 0 bridgehead atoms. The van der Waals surface area contributed by atoms with Gasteiger partial charge in [-0.3, -0.25) is 0 Å². The number of fused-ring (bicyclic) bond motifs is 1. The molecule has 0 radical (unpaired) electrons. The molecule has 0 spiro atoms. The first-order valence-electron chi connectivity index (χ1n) is 10.2. The molecule has 2 atom stereocenters. The van der Waals surface area contributed by atoms with Crippen LogP contribution in [0.1, 0.15) is 39.6 Å². The molecule has 174 valence electrons. The molecule has 0 aliphatic heterocycles. The van der Waals surface area contributed by atoms with Crippen molar-refractivity contribution in [3.8, 4) is 11.5 Å². The Bertz CT molecular complexity index is 1130. The van der Waals surface area contributed by atoms with Crippen LogP contribution in [-0.4, -0.2) is 33.8 Å². The second kappa shape index (κ2) is 11.2. The van der Waals surface area contributed by atoms with Gasteiger partial charge in [0.25, 0.3) is 0 Å². The first-order valence-corrected chi connectivity index (χ1v) is 11.0. The first-order chi connectivity index (χ1) is 15.4. The summed E-state index contributed by atoms with van der Waals surface area (Å²) in [5.41, 5.74) is 3.15. The molecule has 0 unspecified atom stereocenters. The van der Waals surface area contributed by atoms with Crippen molar-refractivity contribution in [2.75, 3.05) is 6.54 Å². The summed E-state index contributed by atoms with van der Waals surface area (Å²) in [7, 11) is 0. The van der Waals surface area contributed by atoms with E-state index >= 15 is 0 Å². The smallest absolute Gasteiger partial charge is 0.337 e. The molecule has 1 aliphatic carbocycles. The third-order valence-electron chi connectivity index (χ3n) is 5.55. The van der Waals surface area contributed by atoms with Crippen LogP contribution in [0.25, 0.3) is 0 Å². The van der Waals surface area contributed by atoms with E-state index in [0.717, 1.165) is 24.8 Å². The lowest BCUT2D eigenvalue weighted by atomic mass is 9.88. The highest BCUT2D eigenvalue weighted by atomic mass is 35.5. The minimum Gasteiger partial charge on any atom is -0.478 e. The molecular weight excluding hydrogens is 487 g/mol. The van der Waals surface area contributed by atoms with Crippen molar-refractivity contribution in [2.24, 2.45) is 0 Å². The van der Waals surface area contributed by atoms with Gasteiger partial charge in [0.2, 0.25) is 0 Å². The number of carboxylic acid groups (broad SMARTS) is 1. The lowest BCUT2D eigenvalue weighted by Gasteiger charge is -2.27. The van der Waals surface area contributed by atoms with Crippen molar-refractivity contribution in [1.82, 2.24) is 10.3 Å². The second-order valence-electron chi connectivity index (χ2n) is 7.76. The number of halogens is 3. The van der Waals surface area contributed by atoms with Gasteiger partial charge in [-0.1, -0.05) is 35.3 Å². The van der Waals surface area contributed by atoms with Crippen LogP contribution in [0.4, 0.5) is 0 Å². The molecule has 3 N–H and O–H groups in total. The summed E-state index contributed by atoms with van der Waals surface area (Å²) in [4.78, 5) is 15.3. The van der Waals surface area contributed by atoms with Crippen LogP contribution in [0.5, 0.6) is 11.5 Å². The Hall–Kier alpha value is -2.35. The molecule has 2 aromatic carbocycles. The number of hydrogen-bond acceptors (Lipinski definition) is 5. The van der Waals surface area contributed by atoms with Gasteiger partial charge in [-0.25, -0.2) is 9.78 Å². The normalized spacial score (nSPS) is 15.8. The summed E-state index contributed by atoms with van der Waals surface area (Å²) < 4.78 is 5.89. The van der Waals surface area contributed by atoms with Crippen molar-refractivity contribution >= 4 is 41.6 Å². The Labute approximate surface area is 207 Å². The van der Waals surface area contributed by atoms with Gasteiger partial charge in [-0.15, -0.1) is 12.4 Å². The number of carbonyl (C=O) groups is 1. The monoisotopic (exact) mass is 508 g/mol. The number of ether oxygens (including phenoxy) is 1. The highest BCUT2D eigenvalue weighted by molar-refractivity contribution is 6.33.